The molecule has 0 aliphatic carbocycles. The van der Waals surface area contributed by atoms with Crippen LogP contribution in [0, 0.1) is 5.92 Å². The molecule has 0 aromatic heterocycles. The van der Waals surface area contributed by atoms with E-state index in [4.69, 9.17) is 10.2 Å². The van der Waals surface area contributed by atoms with Gasteiger partial charge in [-0.05, 0) is 12.3 Å². The molecule has 0 aliphatic heterocycles. The molecule has 10 heteroatoms. The molecule has 0 aliphatic rings. The Kier molecular flexibility index (Phi) is 8.05. The largest absolute Gasteiger partial charge is 0.481 e. The second kappa shape index (κ2) is 8.68. The quantitative estimate of drug-likeness (QED) is 0.321. The topological polar surface area (TPSA) is 164 Å². The summed E-state index contributed by atoms with van der Waals surface area (Å²) in [6.45, 7) is 0. The zero-order chi connectivity index (χ0) is 15.8. The number of carboxylic acid groups (broad SMARTS) is 2. The lowest BCUT2D eigenvalue weighted by atomic mass is 10.0. The first-order chi connectivity index (χ1) is 9.16. The molecule has 20 heavy (non-hydrogen) atoms. The van der Waals surface area contributed by atoms with Gasteiger partial charge in [0.1, 0.15) is 0 Å². The number of hydrogen-bond acceptors (Lipinski definition) is 6. The molecule has 116 valence electrons. The smallest absolute Gasteiger partial charge is 0.324 e. The lowest BCUT2D eigenvalue weighted by Crippen LogP contribution is -2.17. The monoisotopic (exact) mass is 311 g/mol. The minimum Gasteiger partial charge on any atom is -0.481 e. The zero-order valence-corrected chi connectivity index (χ0v) is 11.6. The van der Waals surface area contributed by atoms with E-state index in [0.29, 0.717) is 0 Å². The van der Waals surface area contributed by atoms with E-state index in [-0.39, 0.29) is 19.0 Å². The molecule has 5 N–H and O–H groups in total. The number of rotatable bonds is 10. The average Bonchev–Trinajstić information content (AvgIpc) is 2.25. The summed E-state index contributed by atoms with van der Waals surface area (Å²) >= 11 is 0. The molecule has 0 amide bonds. The molecule has 0 rings (SSSR count). The summed E-state index contributed by atoms with van der Waals surface area (Å²) in [7, 11) is -3.70. The zero-order valence-electron chi connectivity index (χ0n) is 10.7. The van der Waals surface area contributed by atoms with Gasteiger partial charge >= 0.3 is 17.9 Å². The highest BCUT2D eigenvalue weighted by Gasteiger charge is 2.27. The third-order valence-electron chi connectivity index (χ3n) is 2.49. The van der Waals surface area contributed by atoms with Gasteiger partial charge in [0.25, 0.3) is 0 Å². The molecule has 0 bridgehead atoms. The highest BCUT2D eigenvalue weighted by atomic mass is 31.2. The van der Waals surface area contributed by atoms with Crippen molar-refractivity contribution in [3.05, 3.63) is 0 Å². The number of hydrogen-bond donors (Lipinski definition) is 4. The van der Waals surface area contributed by atoms with Crippen LogP contribution in [0.25, 0.3) is 0 Å². The van der Waals surface area contributed by atoms with Crippen LogP contribution in [0.2, 0.25) is 0 Å². The minimum absolute atomic E-state index is 0.0523. The molecule has 0 radical (unpaired) electrons. The van der Waals surface area contributed by atoms with Crippen LogP contribution in [0.5, 0.6) is 0 Å². The second-order valence-electron chi connectivity index (χ2n) is 4.41. The van der Waals surface area contributed by atoms with Crippen molar-refractivity contribution in [1.82, 2.24) is 0 Å². The third kappa shape index (κ3) is 9.48. The van der Waals surface area contributed by atoms with Crippen molar-refractivity contribution in [3.63, 3.8) is 0 Å². The number of nitrogens with two attached hydrogens (primary N) is 1. The van der Waals surface area contributed by atoms with Gasteiger partial charge in [-0.15, -0.1) is 0 Å². The normalized spacial score (nSPS) is 13.8. The minimum atomic E-state index is -3.70. The molecule has 0 aromatic rings. The van der Waals surface area contributed by atoms with Gasteiger partial charge in [0, 0.05) is 31.6 Å². The molecule has 1 atom stereocenters. The Labute approximate surface area is 115 Å². The Hall–Kier alpha value is -1.44. The van der Waals surface area contributed by atoms with Gasteiger partial charge in [-0.1, -0.05) is 0 Å². The Morgan fingerprint density at radius 3 is 2.05 bits per heavy atom. The van der Waals surface area contributed by atoms with Crippen LogP contribution in [0.1, 0.15) is 25.7 Å². The van der Waals surface area contributed by atoms with E-state index in [1.165, 1.54) is 0 Å². The standard InChI is InChI=1S/C10H18NO8P/c11-19-10(16)2-1-3-20(17,18)6-7(4-8(12)13)5-9(14)15/h7H,1-6,11H2,(H,12,13)(H,14,15)(H,17,18). The van der Waals surface area contributed by atoms with Crippen LogP contribution in [0.4, 0.5) is 0 Å². The van der Waals surface area contributed by atoms with Crippen LogP contribution in [0.3, 0.4) is 0 Å². The Bertz CT molecular complexity index is 394. The Morgan fingerprint density at radius 1 is 1.15 bits per heavy atom. The molecular weight excluding hydrogens is 293 g/mol. The van der Waals surface area contributed by atoms with Crippen LogP contribution >= 0.6 is 7.37 Å². The van der Waals surface area contributed by atoms with E-state index in [1.807, 2.05) is 0 Å². The highest BCUT2D eigenvalue weighted by Crippen LogP contribution is 2.44. The molecule has 0 aromatic carbocycles. The summed E-state index contributed by atoms with van der Waals surface area (Å²) in [6, 6.07) is 0. The number of carboxylic acids is 2. The van der Waals surface area contributed by atoms with E-state index >= 15 is 0 Å². The van der Waals surface area contributed by atoms with Crippen LogP contribution in [-0.2, 0) is 23.8 Å². The predicted molar refractivity (Wildman–Crippen MR) is 67.1 cm³/mol. The Balaban J connectivity index is 4.42. The van der Waals surface area contributed by atoms with Crippen LogP contribution < -0.4 is 5.90 Å². The summed E-state index contributed by atoms with van der Waals surface area (Å²) in [6.07, 6.45) is -1.72. The van der Waals surface area contributed by atoms with Gasteiger partial charge in [-0.3, -0.25) is 18.9 Å². The van der Waals surface area contributed by atoms with E-state index in [9.17, 15) is 23.8 Å². The van der Waals surface area contributed by atoms with Crippen molar-refractivity contribution in [2.45, 2.75) is 25.7 Å². The molecule has 0 heterocycles. The van der Waals surface area contributed by atoms with Crippen molar-refractivity contribution >= 4 is 25.3 Å². The van der Waals surface area contributed by atoms with Gasteiger partial charge in [0.15, 0.2) is 0 Å². The second-order valence-corrected chi connectivity index (χ2v) is 6.91. The van der Waals surface area contributed by atoms with Gasteiger partial charge in [0.2, 0.25) is 7.37 Å². The maximum absolute atomic E-state index is 11.8. The summed E-state index contributed by atoms with van der Waals surface area (Å²) in [4.78, 5) is 45.5. The predicted octanol–water partition coefficient (Wildman–Crippen LogP) is 0.0195. The van der Waals surface area contributed by atoms with Crippen molar-refractivity contribution in [2.75, 3.05) is 12.3 Å². The molecule has 9 nitrogen and oxygen atoms in total. The first kappa shape index (κ1) is 18.6. The SMILES string of the molecule is NOC(=O)CCCP(=O)(O)CC(CC(=O)O)CC(=O)O. The highest BCUT2D eigenvalue weighted by molar-refractivity contribution is 7.58. The number of aliphatic carboxylic acids is 2. The third-order valence-corrected chi connectivity index (χ3v) is 4.59. The van der Waals surface area contributed by atoms with Crippen molar-refractivity contribution in [1.29, 1.82) is 0 Å². The van der Waals surface area contributed by atoms with E-state index in [0.717, 1.165) is 0 Å². The maximum atomic E-state index is 11.8. The summed E-state index contributed by atoms with van der Waals surface area (Å²) < 4.78 is 11.8. The molecule has 0 saturated carbocycles. The van der Waals surface area contributed by atoms with Gasteiger partial charge in [-0.2, -0.15) is 5.90 Å². The first-order valence-corrected chi connectivity index (χ1v) is 7.83. The average molecular weight is 311 g/mol. The van der Waals surface area contributed by atoms with E-state index in [1.54, 1.807) is 0 Å². The van der Waals surface area contributed by atoms with E-state index in [2.05, 4.69) is 10.7 Å². The summed E-state index contributed by atoms with van der Waals surface area (Å²) in [5.74, 6) is 0.481. The molecule has 0 saturated heterocycles. The van der Waals surface area contributed by atoms with Crippen molar-refractivity contribution in [3.8, 4) is 0 Å². The fourth-order valence-corrected chi connectivity index (χ4v) is 3.62. The van der Waals surface area contributed by atoms with E-state index < -0.39 is 50.2 Å². The lowest BCUT2D eigenvalue weighted by Gasteiger charge is -2.17. The van der Waals surface area contributed by atoms with Crippen LogP contribution in [0.15, 0.2) is 0 Å². The molecular formula is C10H18NO8P. The fourth-order valence-electron chi connectivity index (χ4n) is 1.72. The van der Waals surface area contributed by atoms with Crippen molar-refractivity contribution in [2.24, 2.45) is 11.8 Å². The maximum Gasteiger partial charge on any atom is 0.324 e. The number of carbonyl (C=O) groups is 3. The summed E-state index contributed by atoms with van der Waals surface area (Å²) in [5.41, 5.74) is 0. The Morgan fingerprint density at radius 2 is 1.65 bits per heavy atom. The molecule has 1 unspecified atom stereocenters. The number of carbonyl (C=O) groups excluding carboxylic acids is 1. The van der Waals surface area contributed by atoms with Crippen LogP contribution in [-0.4, -0.2) is 45.3 Å². The molecule has 0 spiro atoms. The van der Waals surface area contributed by atoms with Crippen molar-refractivity contribution < 1.29 is 38.9 Å². The van der Waals surface area contributed by atoms with Gasteiger partial charge in [0.05, 0.1) is 0 Å². The fraction of sp³-hybridized carbons (Fsp3) is 0.700. The van der Waals surface area contributed by atoms with Gasteiger partial charge < -0.3 is 19.9 Å². The van der Waals surface area contributed by atoms with Gasteiger partial charge in [-0.25, -0.2) is 0 Å². The molecule has 0 fully saturated rings. The first-order valence-electron chi connectivity index (χ1n) is 5.80. The summed E-state index contributed by atoms with van der Waals surface area (Å²) in [5, 5.41) is 17.3. The lowest BCUT2D eigenvalue weighted by molar-refractivity contribution is -0.144.